The first-order valence-corrected chi connectivity index (χ1v) is 5.74. The van der Waals surface area contributed by atoms with Gasteiger partial charge in [0.15, 0.2) is 0 Å². The number of hydrogen-bond acceptors (Lipinski definition) is 3. The van der Waals surface area contributed by atoms with Gasteiger partial charge in [0.1, 0.15) is 0 Å². The molecule has 72 valence electrons. The van der Waals surface area contributed by atoms with E-state index in [-0.39, 0.29) is 0 Å². The van der Waals surface area contributed by atoms with Gasteiger partial charge in [-0.2, -0.15) is 11.8 Å². The lowest BCUT2D eigenvalue weighted by molar-refractivity contribution is 0.983. The van der Waals surface area contributed by atoms with Crippen molar-refractivity contribution in [3.05, 3.63) is 29.6 Å². The SMILES string of the molecule is CCCSCc1ccnc(CN)c1. The van der Waals surface area contributed by atoms with E-state index >= 15 is 0 Å². The molecule has 0 saturated carbocycles. The Morgan fingerprint density at radius 2 is 2.38 bits per heavy atom. The predicted molar refractivity (Wildman–Crippen MR) is 58.6 cm³/mol. The van der Waals surface area contributed by atoms with Gasteiger partial charge < -0.3 is 5.73 Å². The number of nitrogens with zero attached hydrogens (tertiary/aromatic N) is 1. The maximum absolute atomic E-state index is 5.50. The zero-order chi connectivity index (χ0) is 9.52. The Balaban J connectivity index is 2.46. The van der Waals surface area contributed by atoms with Crippen molar-refractivity contribution in [2.45, 2.75) is 25.6 Å². The monoisotopic (exact) mass is 196 g/mol. The van der Waals surface area contributed by atoms with Crippen LogP contribution in [0.5, 0.6) is 0 Å². The summed E-state index contributed by atoms with van der Waals surface area (Å²) in [6.45, 7) is 2.73. The topological polar surface area (TPSA) is 38.9 Å². The summed E-state index contributed by atoms with van der Waals surface area (Å²) < 4.78 is 0. The van der Waals surface area contributed by atoms with Gasteiger partial charge in [0.25, 0.3) is 0 Å². The van der Waals surface area contributed by atoms with Crippen LogP contribution in [-0.2, 0) is 12.3 Å². The van der Waals surface area contributed by atoms with Crippen molar-refractivity contribution < 1.29 is 0 Å². The molecular formula is C10H16N2S. The van der Waals surface area contributed by atoms with E-state index in [2.05, 4.69) is 24.0 Å². The molecule has 3 heteroatoms. The van der Waals surface area contributed by atoms with E-state index in [0.717, 1.165) is 11.4 Å². The molecule has 1 aromatic rings. The van der Waals surface area contributed by atoms with Gasteiger partial charge in [0, 0.05) is 18.5 Å². The Kier molecular flexibility index (Phi) is 4.86. The summed E-state index contributed by atoms with van der Waals surface area (Å²) in [5.41, 5.74) is 7.81. The van der Waals surface area contributed by atoms with Crippen LogP contribution in [0.4, 0.5) is 0 Å². The van der Waals surface area contributed by atoms with Crippen LogP contribution in [0, 0.1) is 0 Å². The Morgan fingerprint density at radius 3 is 3.08 bits per heavy atom. The van der Waals surface area contributed by atoms with Crippen LogP contribution < -0.4 is 5.73 Å². The second kappa shape index (κ2) is 6.00. The number of nitrogens with two attached hydrogens (primary N) is 1. The van der Waals surface area contributed by atoms with Crippen molar-refractivity contribution in [2.75, 3.05) is 5.75 Å². The van der Waals surface area contributed by atoms with Crippen molar-refractivity contribution in [1.29, 1.82) is 0 Å². The van der Waals surface area contributed by atoms with Crippen molar-refractivity contribution >= 4 is 11.8 Å². The van der Waals surface area contributed by atoms with E-state index < -0.39 is 0 Å². The van der Waals surface area contributed by atoms with E-state index in [1.807, 2.05) is 18.0 Å². The highest BCUT2D eigenvalue weighted by molar-refractivity contribution is 7.98. The van der Waals surface area contributed by atoms with Gasteiger partial charge in [0.05, 0.1) is 5.69 Å². The molecule has 0 atom stereocenters. The smallest absolute Gasteiger partial charge is 0.0542 e. The van der Waals surface area contributed by atoms with Crippen molar-refractivity contribution in [3.8, 4) is 0 Å². The molecule has 0 fully saturated rings. The first-order chi connectivity index (χ1) is 6.36. The summed E-state index contributed by atoms with van der Waals surface area (Å²) in [5.74, 6) is 2.30. The maximum atomic E-state index is 5.50. The van der Waals surface area contributed by atoms with Crippen LogP contribution in [-0.4, -0.2) is 10.7 Å². The highest BCUT2D eigenvalue weighted by atomic mass is 32.2. The highest BCUT2D eigenvalue weighted by Gasteiger charge is 1.95. The van der Waals surface area contributed by atoms with Gasteiger partial charge in [-0.3, -0.25) is 4.98 Å². The van der Waals surface area contributed by atoms with Crippen LogP contribution in [0.1, 0.15) is 24.6 Å². The highest BCUT2D eigenvalue weighted by Crippen LogP contribution is 2.12. The first-order valence-electron chi connectivity index (χ1n) is 4.58. The average Bonchev–Trinajstić information content (AvgIpc) is 2.19. The number of hydrogen-bond donors (Lipinski definition) is 1. The lowest BCUT2D eigenvalue weighted by atomic mass is 10.2. The van der Waals surface area contributed by atoms with E-state index in [0.29, 0.717) is 6.54 Å². The molecule has 0 aliphatic carbocycles. The summed E-state index contributed by atoms with van der Waals surface area (Å²) in [6, 6.07) is 4.14. The summed E-state index contributed by atoms with van der Waals surface area (Å²) in [7, 11) is 0. The van der Waals surface area contributed by atoms with E-state index in [4.69, 9.17) is 5.73 Å². The minimum atomic E-state index is 0.534. The van der Waals surface area contributed by atoms with E-state index in [1.54, 1.807) is 0 Å². The van der Waals surface area contributed by atoms with Gasteiger partial charge >= 0.3 is 0 Å². The lowest BCUT2D eigenvalue weighted by Crippen LogP contribution is -1.99. The van der Waals surface area contributed by atoms with E-state index in [1.165, 1.54) is 17.7 Å². The second-order valence-electron chi connectivity index (χ2n) is 2.91. The molecule has 0 radical (unpaired) electrons. The second-order valence-corrected chi connectivity index (χ2v) is 4.02. The Hall–Kier alpha value is -0.540. The quantitative estimate of drug-likeness (QED) is 0.734. The van der Waals surface area contributed by atoms with Crippen LogP contribution in [0.15, 0.2) is 18.3 Å². The fourth-order valence-corrected chi connectivity index (χ4v) is 1.91. The zero-order valence-corrected chi connectivity index (χ0v) is 8.81. The molecule has 0 aliphatic rings. The van der Waals surface area contributed by atoms with Gasteiger partial charge in [0.2, 0.25) is 0 Å². The van der Waals surface area contributed by atoms with Crippen molar-refractivity contribution in [2.24, 2.45) is 5.73 Å². The Morgan fingerprint density at radius 1 is 1.54 bits per heavy atom. The Labute approximate surface area is 83.9 Å². The molecule has 0 spiro atoms. The number of pyridine rings is 1. The molecule has 0 unspecified atom stereocenters. The summed E-state index contributed by atoms with van der Waals surface area (Å²) in [6.07, 6.45) is 3.07. The van der Waals surface area contributed by atoms with Crippen molar-refractivity contribution in [1.82, 2.24) is 4.98 Å². The number of thioether (sulfide) groups is 1. The minimum absolute atomic E-state index is 0.534. The summed E-state index contributed by atoms with van der Waals surface area (Å²) in [4.78, 5) is 4.15. The predicted octanol–water partition coefficient (Wildman–Crippen LogP) is 2.18. The molecule has 2 N–H and O–H groups in total. The fourth-order valence-electron chi connectivity index (χ4n) is 1.06. The van der Waals surface area contributed by atoms with Crippen molar-refractivity contribution in [3.63, 3.8) is 0 Å². The van der Waals surface area contributed by atoms with Crippen LogP contribution in [0.25, 0.3) is 0 Å². The van der Waals surface area contributed by atoms with Crippen LogP contribution >= 0.6 is 11.8 Å². The summed E-state index contributed by atoms with van der Waals surface area (Å²) in [5, 5.41) is 0. The summed E-state index contributed by atoms with van der Waals surface area (Å²) >= 11 is 1.96. The van der Waals surface area contributed by atoms with E-state index in [9.17, 15) is 0 Å². The van der Waals surface area contributed by atoms with Gasteiger partial charge in [-0.15, -0.1) is 0 Å². The number of aromatic nitrogens is 1. The third-order valence-electron chi connectivity index (χ3n) is 1.71. The molecule has 1 heterocycles. The lowest BCUT2D eigenvalue weighted by Gasteiger charge is -2.01. The minimum Gasteiger partial charge on any atom is -0.325 e. The standard InChI is InChI=1S/C10H16N2S/c1-2-5-13-8-9-3-4-12-10(6-9)7-11/h3-4,6H,2,5,7-8,11H2,1H3. The van der Waals surface area contributed by atoms with Gasteiger partial charge in [-0.05, 0) is 29.9 Å². The molecule has 1 aromatic heterocycles. The molecule has 0 bridgehead atoms. The molecule has 13 heavy (non-hydrogen) atoms. The fraction of sp³-hybridized carbons (Fsp3) is 0.500. The molecule has 0 aromatic carbocycles. The molecule has 0 saturated heterocycles. The molecular weight excluding hydrogens is 180 g/mol. The zero-order valence-electron chi connectivity index (χ0n) is 7.99. The maximum Gasteiger partial charge on any atom is 0.0542 e. The Bertz CT molecular complexity index is 250. The van der Waals surface area contributed by atoms with Gasteiger partial charge in [-0.25, -0.2) is 0 Å². The van der Waals surface area contributed by atoms with Crippen LogP contribution in [0.2, 0.25) is 0 Å². The molecule has 0 aliphatic heterocycles. The molecule has 2 nitrogen and oxygen atoms in total. The molecule has 0 amide bonds. The van der Waals surface area contributed by atoms with Crippen LogP contribution in [0.3, 0.4) is 0 Å². The normalized spacial score (nSPS) is 10.3. The average molecular weight is 196 g/mol. The van der Waals surface area contributed by atoms with Gasteiger partial charge in [-0.1, -0.05) is 6.92 Å². The third kappa shape index (κ3) is 3.79. The first kappa shape index (κ1) is 10.5. The number of rotatable bonds is 5. The molecule has 1 rings (SSSR count). The largest absolute Gasteiger partial charge is 0.325 e. The third-order valence-corrected chi connectivity index (χ3v) is 2.94.